The predicted octanol–water partition coefficient (Wildman–Crippen LogP) is 0.0574. The van der Waals surface area contributed by atoms with Crippen LogP contribution in [0.4, 0.5) is 5.69 Å². The van der Waals surface area contributed by atoms with Crippen molar-refractivity contribution >= 4 is 11.7 Å². The van der Waals surface area contributed by atoms with Crippen LogP contribution in [0.5, 0.6) is 0 Å². The van der Waals surface area contributed by atoms with E-state index in [2.05, 4.69) is 6.58 Å². The van der Waals surface area contributed by atoms with Crippen LogP contribution in [0.15, 0.2) is 27.9 Å². The van der Waals surface area contributed by atoms with Gasteiger partial charge in [-0.3, -0.25) is 19.5 Å². The summed E-state index contributed by atoms with van der Waals surface area (Å²) in [5.41, 5.74) is -2.72. The maximum Gasteiger partial charge on any atom is 0.350 e. The molecule has 0 radical (unpaired) electrons. The Morgan fingerprint density at radius 1 is 1.43 bits per heavy atom. The number of esters is 1. The van der Waals surface area contributed by atoms with Crippen molar-refractivity contribution in [1.29, 1.82) is 0 Å². The SMILES string of the molecule is C=C(Cn1c(=O)c([N+](=O)[O-])cn(CC)c1=O)C(=O)OCC. The summed E-state index contributed by atoms with van der Waals surface area (Å²) in [6, 6.07) is 0. The number of carbonyl (C=O) groups is 1. The minimum Gasteiger partial charge on any atom is -0.463 e. The van der Waals surface area contributed by atoms with E-state index < -0.39 is 34.4 Å². The summed E-state index contributed by atoms with van der Waals surface area (Å²) < 4.78 is 6.30. The van der Waals surface area contributed by atoms with Crippen LogP contribution in [0.3, 0.4) is 0 Å². The first-order chi connectivity index (χ1) is 9.83. The molecule has 21 heavy (non-hydrogen) atoms. The number of aromatic nitrogens is 2. The number of hydrogen-bond donors (Lipinski definition) is 0. The van der Waals surface area contributed by atoms with Crippen molar-refractivity contribution in [3.63, 3.8) is 0 Å². The van der Waals surface area contributed by atoms with E-state index in [1.54, 1.807) is 13.8 Å². The molecule has 0 aromatic carbocycles. The van der Waals surface area contributed by atoms with Gasteiger partial charge in [0.1, 0.15) is 0 Å². The fourth-order valence-electron chi connectivity index (χ4n) is 1.62. The first-order valence-corrected chi connectivity index (χ1v) is 6.17. The van der Waals surface area contributed by atoms with Crippen LogP contribution in [0.1, 0.15) is 13.8 Å². The quantitative estimate of drug-likeness (QED) is 0.317. The highest BCUT2D eigenvalue weighted by Crippen LogP contribution is 2.03. The van der Waals surface area contributed by atoms with Crippen LogP contribution in [0, 0.1) is 10.1 Å². The summed E-state index contributed by atoms with van der Waals surface area (Å²) in [4.78, 5) is 45.4. The minimum atomic E-state index is -1.08. The number of aryl methyl sites for hydroxylation is 1. The van der Waals surface area contributed by atoms with Gasteiger partial charge in [0.2, 0.25) is 0 Å². The maximum absolute atomic E-state index is 12.0. The molecule has 0 amide bonds. The molecule has 0 fully saturated rings. The van der Waals surface area contributed by atoms with Crippen molar-refractivity contribution in [1.82, 2.24) is 9.13 Å². The average molecular weight is 297 g/mol. The second-order valence-electron chi connectivity index (χ2n) is 4.06. The zero-order valence-corrected chi connectivity index (χ0v) is 11.7. The molecule has 0 bridgehead atoms. The van der Waals surface area contributed by atoms with E-state index in [9.17, 15) is 24.5 Å². The highest BCUT2D eigenvalue weighted by atomic mass is 16.6. The Morgan fingerprint density at radius 3 is 2.52 bits per heavy atom. The van der Waals surface area contributed by atoms with Crippen molar-refractivity contribution in [2.75, 3.05) is 6.61 Å². The second-order valence-corrected chi connectivity index (χ2v) is 4.06. The Bertz CT molecular complexity index is 700. The third-order valence-electron chi connectivity index (χ3n) is 2.67. The van der Waals surface area contributed by atoms with Crippen LogP contribution < -0.4 is 11.2 Å². The Kier molecular flexibility index (Phi) is 5.17. The van der Waals surface area contributed by atoms with Crippen LogP contribution in [0.25, 0.3) is 0 Å². The fraction of sp³-hybridized carbons (Fsp3) is 0.417. The van der Waals surface area contributed by atoms with Gasteiger partial charge in [-0.1, -0.05) is 6.58 Å². The first kappa shape index (κ1) is 16.3. The Morgan fingerprint density at radius 2 is 2.05 bits per heavy atom. The molecule has 0 unspecified atom stereocenters. The lowest BCUT2D eigenvalue weighted by Crippen LogP contribution is -2.41. The highest BCUT2D eigenvalue weighted by Gasteiger charge is 2.21. The van der Waals surface area contributed by atoms with Crippen molar-refractivity contribution < 1.29 is 14.5 Å². The van der Waals surface area contributed by atoms with Gasteiger partial charge in [0.15, 0.2) is 0 Å². The molecule has 9 heteroatoms. The van der Waals surface area contributed by atoms with Gasteiger partial charge in [-0.15, -0.1) is 0 Å². The van der Waals surface area contributed by atoms with Gasteiger partial charge in [0.05, 0.1) is 24.3 Å². The van der Waals surface area contributed by atoms with Crippen molar-refractivity contribution in [2.24, 2.45) is 0 Å². The summed E-state index contributed by atoms with van der Waals surface area (Å²) in [5, 5.41) is 10.8. The standard InChI is InChI=1S/C12H15N3O6/c1-4-13-7-9(15(19)20)10(16)14(12(13)18)6-8(3)11(17)21-5-2/h7H,3-6H2,1-2H3. The van der Waals surface area contributed by atoms with Crippen molar-refractivity contribution in [3.8, 4) is 0 Å². The lowest BCUT2D eigenvalue weighted by molar-refractivity contribution is -0.387. The molecule has 0 aliphatic heterocycles. The zero-order chi connectivity index (χ0) is 16.2. The molecule has 0 aliphatic carbocycles. The molecule has 0 spiro atoms. The van der Waals surface area contributed by atoms with Crippen molar-refractivity contribution in [3.05, 3.63) is 49.3 Å². The van der Waals surface area contributed by atoms with E-state index >= 15 is 0 Å². The van der Waals surface area contributed by atoms with Crippen LogP contribution in [-0.2, 0) is 22.6 Å². The largest absolute Gasteiger partial charge is 0.463 e. The van der Waals surface area contributed by atoms with E-state index in [4.69, 9.17) is 4.74 Å². The zero-order valence-electron chi connectivity index (χ0n) is 11.7. The molecule has 1 heterocycles. The fourth-order valence-corrected chi connectivity index (χ4v) is 1.62. The number of rotatable bonds is 6. The summed E-state index contributed by atoms with van der Waals surface area (Å²) in [5.74, 6) is -0.765. The molecule has 114 valence electrons. The van der Waals surface area contributed by atoms with E-state index in [0.717, 1.165) is 10.8 Å². The third-order valence-corrected chi connectivity index (χ3v) is 2.67. The third kappa shape index (κ3) is 3.44. The van der Waals surface area contributed by atoms with Gasteiger partial charge in [0, 0.05) is 12.1 Å². The maximum atomic E-state index is 12.0. The lowest BCUT2D eigenvalue weighted by Gasteiger charge is -2.09. The molecule has 0 N–H and O–H groups in total. The van der Waals surface area contributed by atoms with E-state index in [1.165, 1.54) is 0 Å². The normalized spacial score (nSPS) is 10.2. The molecule has 0 saturated heterocycles. The summed E-state index contributed by atoms with van der Waals surface area (Å²) in [6.45, 7) is 6.41. The van der Waals surface area contributed by atoms with Crippen LogP contribution in [0.2, 0.25) is 0 Å². The molecule has 0 saturated carbocycles. The Hall–Kier alpha value is -2.71. The van der Waals surface area contributed by atoms with Gasteiger partial charge < -0.3 is 4.74 Å². The number of ether oxygens (including phenoxy) is 1. The van der Waals surface area contributed by atoms with Gasteiger partial charge in [-0.05, 0) is 13.8 Å². The number of nitro groups is 1. The van der Waals surface area contributed by atoms with Gasteiger partial charge in [0.25, 0.3) is 0 Å². The smallest absolute Gasteiger partial charge is 0.350 e. The summed E-state index contributed by atoms with van der Waals surface area (Å²) in [6.07, 6.45) is 0.883. The molecule has 0 aliphatic rings. The summed E-state index contributed by atoms with van der Waals surface area (Å²) >= 11 is 0. The second kappa shape index (κ2) is 6.64. The average Bonchev–Trinajstić information content (AvgIpc) is 2.43. The molecule has 1 aromatic rings. The first-order valence-electron chi connectivity index (χ1n) is 6.17. The molecule has 1 rings (SSSR count). The van der Waals surface area contributed by atoms with E-state index in [1.807, 2.05) is 0 Å². The van der Waals surface area contributed by atoms with Crippen LogP contribution in [-0.4, -0.2) is 26.6 Å². The highest BCUT2D eigenvalue weighted by molar-refractivity contribution is 5.87. The summed E-state index contributed by atoms with van der Waals surface area (Å²) in [7, 11) is 0. The van der Waals surface area contributed by atoms with Crippen molar-refractivity contribution in [2.45, 2.75) is 26.9 Å². The number of carbonyl (C=O) groups excluding carboxylic acids is 1. The lowest BCUT2D eigenvalue weighted by atomic mass is 10.3. The Balaban J connectivity index is 3.35. The Labute approximate surface area is 119 Å². The number of hydrogen-bond acceptors (Lipinski definition) is 6. The van der Waals surface area contributed by atoms with Gasteiger partial charge in [-0.25, -0.2) is 14.2 Å². The predicted molar refractivity (Wildman–Crippen MR) is 73.1 cm³/mol. The molecule has 9 nitrogen and oxygen atoms in total. The molecular formula is C12H15N3O6. The van der Waals surface area contributed by atoms with Gasteiger partial charge >= 0.3 is 22.9 Å². The van der Waals surface area contributed by atoms with Crippen LogP contribution >= 0.6 is 0 Å². The molecule has 0 atom stereocenters. The topological polar surface area (TPSA) is 113 Å². The minimum absolute atomic E-state index is 0.112. The van der Waals surface area contributed by atoms with Gasteiger partial charge in [-0.2, -0.15) is 0 Å². The van der Waals surface area contributed by atoms with E-state index in [0.29, 0.717) is 4.57 Å². The number of nitrogens with zero attached hydrogens (tertiary/aromatic N) is 3. The molecular weight excluding hydrogens is 282 g/mol. The monoisotopic (exact) mass is 297 g/mol. The van der Waals surface area contributed by atoms with E-state index in [-0.39, 0.29) is 18.7 Å². The molecule has 1 aromatic heterocycles.